The maximum Gasteiger partial charge on any atom is 0.243 e. The molecule has 1 N–H and O–H groups in total. The second-order valence-electron chi connectivity index (χ2n) is 6.70. The van der Waals surface area contributed by atoms with Crippen molar-refractivity contribution in [3.05, 3.63) is 65.7 Å². The van der Waals surface area contributed by atoms with E-state index in [1.165, 1.54) is 15.4 Å². The summed E-state index contributed by atoms with van der Waals surface area (Å²) in [6.45, 7) is 4.38. The van der Waals surface area contributed by atoms with Crippen LogP contribution in [0, 0.1) is 6.92 Å². The van der Waals surface area contributed by atoms with Gasteiger partial charge in [0, 0.05) is 6.54 Å². The van der Waals surface area contributed by atoms with Crippen molar-refractivity contribution in [2.45, 2.75) is 39.2 Å². The van der Waals surface area contributed by atoms with Crippen LogP contribution in [0.4, 0.5) is 5.69 Å². The van der Waals surface area contributed by atoms with Crippen molar-refractivity contribution in [1.82, 2.24) is 5.32 Å². The molecule has 0 bridgehead atoms. The van der Waals surface area contributed by atoms with Gasteiger partial charge in [0.25, 0.3) is 0 Å². The molecule has 0 aliphatic rings. The number of aryl methyl sites for hydroxylation is 2. The van der Waals surface area contributed by atoms with Gasteiger partial charge in [-0.05, 0) is 43.9 Å². The maximum atomic E-state index is 12.7. The highest BCUT2D eigenvalue weighted by atomic mass is 32.2. The molecule has 0 heterocycles. The molecule has 1 amide bonds. The molecule has 0 radical (unpaired) electrons. The highest BCUT2D eigenvalue weighted by Gasteiger charge is 2.31. The fraction of sp³-hybridized carbons (Fsp3) is 0.381. The van der Waals surface area contributed by atoms with Crippen molar-refractivity contribution < 1.29 is 13.2 Å². The summed E-state index contributed by atoms with van der Waals surface area (Å²) in [5.41, 5.74) is 2.95. The molecular weight excluding hydrogens is 360 g/mol. The molecule has 0 fully saturated rings. The number of nitrogens with one attached hydrogen (secondary N) is 1. The van der Waals surface area contributed by atoms with E-state index in [9.17, 15) is 13.2 Å². The lowest BCUT2D eigenvalue weighted by Crippen LogP contribution is -2.49. The Balaban J connectivity index is 2.01. The van der Waals surface area contributed by atoms with E-state index in [-0.39, 0.29) is 5.91 Å². The summed E-state index contributed by atoms with van der Waals surface area (Å²) in [5, 5.41) is 2.90. The molecule has 1 atom stereocenters. The highest BCUT2D eigenvalue weighted by Crippen LogP contribution is 2.22. The van der Waals surface area contributed by atoms with Gasteiger partial charge in [-0.2, -0.15) is 0 Å². The molecule has 2 aromatic carbocycles. The van der Waals surface area contributed by atoms with E-state index < -0.39 is 16.1 Å². The van der Waals surface area contributed by atoms with Crippen molar-refractivity contribution in [2.24, 2.45) is 0 Å². The van der Waals surface area contributed by atoms with Crippen LogP contribution in [0.25, 0.3) is 0 Å². The smallest absolute Gasteiger partial charge is 0.243 e. The molecule has 0 aliphatic carbocycles. The molecule has 2 rings (SSSR count). The first-order chi connectivity index (χ1) is 12.8. The van der Waals surface area contributed by atoms with Gasteiger partial charge in [0.05, 0.1) is 11.9 Å². The quantitative estimate of drug-likeness (QED) is 0.671. The fourth-order valence-electron chi connectivity index (χ4n) is 3.12. The van der Waals surface area contributed by atoms with Crippen molar-refractivity contribution in [1.29, 1.82) is 0 Å². The number of nitrogens with zero attached hydrogens (tertiary/aromatic N) is 1. The van der Waals surface area contributed by atoms with Gasteiger partial charge in [0.2, 0.25) is 15.9 Å². The van der Waals surface area contributed by atoms with E-state index in [1.807, 2.05) is 19.1 Å². The molecule has 2 aromatic rings. The SMILES string of the molecule is CC[C@H](C(=O)NCCCc1cccc(C)c1)N(c1ccccc1)S(C)(=O)=O. The van der Waals surface area contributed by atoms with Crippen LogP contribution in [0.15, 0.2) is 54.6 Å². The third kappa shape index (κ3) is 6.10. The normalized spacial score (nSPS) is 12.4. The molecule has 27 heavy (non-hydrogen) atoms. The standard InChI is InChI=1S/C21H28N2O3S/c1-4-20(23(27(3,25)26)19-13-6-5-7-14-19)21(24)22-15-9-12-18-11-8-10-17(2)16-18/h5-8,10-11,13-14,16,20H,4,9,12,15H2,1-3H3,(H,22,24)/t20-/m1/s1. The topological polar surface area (TPSA) is 66.5 Å². The summed E-state index contributed by atoms with van der Waals surface area (Å²) in [6.07, 6.45) is 3.20. The van der Waals surface area contributed by atoms with Crippen molar-refractivity contribution >= 4 is 21.6 Å². The number of amides is 1. The molecule has 0 unspecified atom stereocenters. The minimum atomic E-state index is -3.58. The van der Waals surface area contributed by atoms with Crippen LogP contribution in [0.1, 0.15) is 30.9 Å². The summed E-state index contributed by atoms with van der Waals surface area (Å²) in [7, 11) is -3.58. The van der Waals surface area contributed by atoms with Gasteiger partial charge in [-0.25, -0.2) is 8.42 Å². The Kier molecular flexibility index (Phi) is 7.42. The van der Waals surface area contributed by atoms with Crippen molar-refractivity contribution in [3.63, 3.8) is 0 Å². The Morgan fingerprint density at radius 1 is 1.11 bits per heavy atom. The Morgan fingerprint density at radius 3 is 2.41 bits per heavy atom. The third-order valence-electron chi connectivity index (χ3n) is 4.36. The lowest BCUT2D eigenvalue weighted by Gasteiger charge is -2.30. The van der Waals surface area contributed by atoms with Gasteiger partial charge in [0.15, 0.2) is 0 Å². The lowest BCUT2D eigenvalue weighted by atomic mass is 10.1. The first-order valence-electron chi connectivity index (χ1n) is 9.20. The molecule has 5 nitrogen and oxygen atoms in total. The second-order valence-corrected chi connectivity index (χ2v) is 8.56. The number of carbonyl (C=O) groups is 1. The van der Waals surface area contributed by atoms with Gasteiger partial charge in [0.1, 0.15) is 6.04 Å². The average Bonchev–Trinajstić information content (AvgIpc) is 2.62. The Morgan fingerprint density at radius 2 is 1.81 bits per heavy atom. The first-order valence-corrected chi connectivity index (χ1v) is 11.1. The van der Waals surface area contributed by atoms with Crippen LogP contribution in [-0.2, 0) is 21.2 Å². The zero-order valence-corrected chi connectivity index (χ0v) is 17.0. The maximum absolute atomic E-state index is 12.7. The number of carbonyl (C=O) groups excluding carboxylic acids is 1. The van der Waals surface area contributed by atoms with E-state index in [0.29, 0.717) is 18.7 Å². The Labute approximate surface area is 162 Å². The van der Waals surface area contributed by atoms with Crippen LogP contribution in [0.3, 0.4) is 0 Å². The summed E-state index contributed by atoms with van der Waals surface area (Å²) >= 11 is 0. The van der Waals surface area contributed by atoms with Gasteiger partial charge in [-0.15, -0.1) is 0 Å². The summed E-state index contributed by atoms with van der Waals surface area (Å²) < 4.78 is 25.9. The minimum absolute atomic E-state index is 0.268. The van der Waals surface area contributed by atoms with Crippen LogP contribution in [-0.4, -0.2) is 33.2 Å². The number of hydrogen-bond donors (Lipinski definition) is 1. The average molecular weight is 389 g/mol. The van der Waals surface area contributed by atoms with E-state index >= 15 is 0 Å². The third-order valence-corrected chi connectivity index (χ3v) is 5.54. The zero-order valence-electron chi connectivity index (χ0n) is 16.2. The van der Waals surface area contributed by atoms with Gasteiger partial charge in [-0.3, -0.25) is 9.10 Å². The molecule has 6 heteroatoms. The second kappa shape index (κ2) is 9.55. The number of sulfonamides is 1. The van der Waals surface area contributed by atoms with Crippen molar-refractivity contribution in [2.75, 3.05) is 17.1 Å². The predicted molar refractivity (Wildman–Crippen MR) is 110 cm³/mol. The van der Waals surface area contributed by atoms with Crippen molar-refractivity contribution in [3.8, 4) is 0 Å². The van der Waals surface area contributed by atoms with Crippen LogP contribution in [0.2, 0.25) is 0 Å². The number of hydrogen-bond acceptors (Lipinski definition) is 3. The Bertz CT molecular complexity index is 851. The molecule has 146 valence electrons. The largest absolute Gasteiger partial charge is 0.354 e. The molecule has 0 aromatic heterocycles. The number of anilines is 1. The molecule has 0 saturated heterocycles. The first kappa shape index (κ1) is 21.0. The van der Waals surface area contributed by atoms with E-state index in [0.717, 1.165) is 19.1 Å². The molecular formula is C21H28N2O3S. The van der Waals surface area contributed by atoms with Gasteiger partial charge in [-0.1, -0.05) is 55.0 Å². The zero-order chi connectivity index (χ0) is 19.9. The van der Waals surface area contributed by atoms with Crippen LogP contribution < -0.4 is 9.62 Å². The van der Waals surface area contributed by atoms with Crippen LogP contribution >= 0.6 is 0 Å². The van der Waals surface area contributed by atoms with Crippen LogP contribution in [0.5, 0.6) is 0 Å². The van der Waals surface area contributed by atoms with E-state index in [2.05, 4.69) is 30.4 Å². The monoisotopic (exact) mass is 388 g/mol. The minimum Gasteiger partial charge on any atom is -0.354 e. The molecule has 0 aliphatic heterocycles. The highest BCUT2D eigenvalue weighted by molar-refractivity contribution is 7.92. The lowest BCUT2D eigenvalue weighted by molar-refractivity contribution is -0.122. The van der Waals surface area contributed by atoms with Gasteiger partial charge >= 0.3 is 0 Å². The summed E-state index contributed by atoms with van der Waals surface area (Å²) in [6, 6.07) is 16.3. The molecule has 0 spiro atoms. The number of rotatable bonds is 9. The number of benzene rings is 2. The molecule has 0 saturated carbocycles. The summed E-state index contributed by atoms with van der Waals surface area (Å²) in [4.78, 5) is 12.7. The summed E-state index contributed by atoms with van der Waals surface area (Å²) in [5.74, 6) is -0.268. The Hall–Kier alpha value is -2.34. The van der Waals surface area contributed by atoms with E-state index in [1.54, 1.807) is 24.3 Å². The van der Waals surface area contributed by atoms with E-state index in [4.69, 9.17) is 0 Å². The predicted octanol–water partition coefficient (Wildman–Crippen LogP) is 3.29. The van der Waals surface area contributed by atoms with Gasteiger partial charge < -0.3 is 5.32 Å². The number of para-hydroxylation sites is 1. The fourth-order valence-corrected chi connectivity index (χ4v) is 4.34.